The van der Waals surface area contributed by atoms with Crippen LogP contribution in [0.25, 0.3) is 11.1 Å². The second-order valence-electron chi connectivity index (χ2n) is 3.92. The van der Waals surface area contributed by atoms with E-state index >= 15 is 0 Å². The quantitative estimate of drug-likeness (QED) is 0.900. The van der Waals surface area contributed by atoms with Crippen LogP contribution in [0.15, 0.2) is 36.5 Å². The van der Waals surface area contributed by atoms with Gasteiger partial charge < -0.3 is 9.84 Å². The number of aromatic carboxylic acids is 1. The Bertz CT molecular complexity index is 576. The SMILES string of the molecule is COc1ccc(-c2ccc(C(=O)O)nc2)c(C)c1. The van der Waals surface area contributed by atoms with Gasteiger partial charge in [-0.1, -0.05) is 12.1 Å². The van der Waals surface area contributed by atoms with Gasteiger partial charge in [-0.05, 0) is 36.2 Å². The number of ether oxygens (including phenoxy) is 1. The molecule has 0 amide bonds. The number of hydrogen-bond acceptors (Lipinski definition) is 3. The van der Waals surface area contributed by atoms with E-state index in [9.17, 15) is 4.79 Å². The summed E-state index contributed by atoms with van der Waals surface area (Å²) in [5.74, 6) is -0.223. The van der Waals surface area contributed by atoms with Gasteiger partial charge in [0.1, 0.15) is 11.4 Å². The summed E-state index contributed by atoms with van der Waals surface area (Å²) in [7, 11) is 1.62. The fraction of sp³-hybridized carbons (Fsp3) is 0.143. The number of methoxy groups -OCH3 is 1. The van der Waals surface area contributed by atoms with Gasteiger partial charge >= 0.3 is 5.97 Å². The molecule has 2 aromatic rings. The van der Waals surface area contributed by atoms with Crippen LogP contribution in [0.4, 0.5) is 0 Å². The highest BCUT2D eigenvalue weighted by Gasteiger charge is 2.07. The molecule has 18 heavy (non-hydrogen) atoms. The first-order chi connectivity index (χ1) is 8.61. The largest absolute Gasteiger partial charge is 0.497 e. The fourth-order valence-corrected chi connectivity index (χ4v) is 1.77. The van der Waals surface area contributed by atoms with Crippen LogP contribution in [0.5, 0.6) is 5.75 Å². The first-order valence-corrected chi connectivity index (χ1v) is 5.46. The predicted octanol–water partition coefficient (Wildman–Crippen LogP) is 2.76. The van der Waals surface area contributed by atoms with Crippen LogP contribution in [-0.2, 0) is 0 Å². The summed E-state index contributed by atoms with van der Waals surface area (Å²) < 4.78 is 5.14. The van der Waals surface area contributed by atoms with Crippen LogP contribution in [0, 0.1) is 6.92 Å². The van der Waals surface area contributed by atoms with Gasteiger partial charge in [0.25, 0.3) is 0 Å². The fourth-order valence-electron chi connectivity index (χ4n) is 1.77. The third-order valence-corrected chi connectivity index (χ3v) is 2.73. The van der Waals surface area contributed by atoms with Gasteiger partial charge in [-0.2, -0.15) is 0 Å². The van der Waals surface area contributed by atoms with Gasteiger partial charge in [0.05, 0.1) is 7.11 Å². The monoisotopic (exact) mass is 243 g/mol. The maximum Gasteiger partial charge on any atom is 0.354 e. The number of benzene rings is 1. The Morgan fingerprint density at radius 3 is 2.56 bits per heavy atom. The van der Waals surface area contributed by atoms with Crippen molar-refractivity contribution in [2.45, 2.75) is 6.92 Å². The first-order valence-electron chi connectivity index (χ1n) is 5.46. The Morgan fingerprint density at radius 1 is 1.28 bits per heavy atom. The molecule has 0 aliphatic rings. The second kappa shape index (κ2) is 4.87. The Kier molecular flexibility index (Phi) is 3.28. The minimum atomic E-state index is -1.02. The molecule has 0 fully saturated rings. The maximum atomic E-state index is 10.7. The van der Waals surface area contributed by atoms with Gasteiger partial charge in [0, 0.05) is 11.8 Å². The molecule has 0 radical (unpaired) electrons. The van der Waals surface area contributed by atoms with Crippen LogP contribution in [-0.4, -0.2) is 23.2 Å². The van der Waals surface area contributed by atoms with Crippen molar-refractivity contribution in [2.24, 2.45) is 0 Å². The molecule has 92 valence electrons. The number of nitrogens with zero attached hydrogens (tertiary/aromatic N) is 1. The lowest BCUT2D eigenvalue weighted by atomic mass is 10.0. The highest BCUT2D eigenvalue weighted by molar-refractivity contribution is 5.85. The molecule has 0 aliphatic heterocycles. The van der Waals surface area contributed by atoms with E-state index in [-0.39, 0.29) is 5.69 Å². The van der Waals surface area contributed by atoms with E-state index in [0.29, 0.717) is 0 Å². The number of aryl methyl sites for hydroxylation is 1. The molecular weight excluding hydrogens is 230 g/mol. The van der Waals surface area contributed by atoms with Crippen molar-refractivity contribution in [3.05, 3.63) is 47.8 Å². The van der Waals surface area contributed by atoms with E-state index in [1.165, 1.54) is 6.07 Å². The summed E-state index contributed by atoms with van der Waals surface area (Å²) in [5.41, 5.74) is 3.00. The Morgan fingerprint density at radius 2 is 2.06 bits per heavy atom. The van der Waals surface area contributed by atoms with E-state index < -0.39 is 5.97 Å². The zero-order valence-corrected chi connectivity index (χ0v) is 10.2. The average Bonchev–Trinajstić information content (AvgIpc) is 2.38. The molecule has 1 heterocycles. The highest BCUT2D eigenvalue weighted by atomic mass is 16.5. The molecule has 0 saturated heterocycles. The first kappa shape index (κ1) is 12.1. The lowest BCUT2D eigenvalue weighted by Crippen LogP contribution is -1.99. The summed E-state index contributed by atoms with van der Waals surface area (Å²) in [4.78, 5) is 14.6. The minimum absolute atomic E-state index is 0.0462. The van der Waals surface area contributed by atoms with E-state index in [1.54, 1.807) is 19.4 Å². The van der Waals surface area contributed by atoms with Crippen LogP contribution in [0.1, 0.15) is 16.1 Å². The summed E-state index contributed by atoms with van der Waals surface area (Å²) in [6.07, 6.45) is 1.57. The number of carbonyl (C=O) groups is 1. The topological polar surface area (TPSA) is 59.4 Å². The predicted molar refractivity (Wildman–Crippen MR) is 67.9 cm³/mol. The minimum Gasteiger partial charge on any atom is -0.497 e. The standard InChI is InChI=1S/C14H13NO3/c1-9-7-11(18-2)4-5-12(9)10-3-6-13(14(16)17)15-8-10/h3-8H,1-2H3,(H,16,17). The smallest absolute Gasteiger partial charge is 0.354 e. The van der Waals surface area contributed by atoms with Crippen molar-refractivity contribution in [3.8, 4) is 16.9 Å². The average molecular weight is 243 g/mol. The summed E-state index contributed by atoms with van der Waals surface area (Å²) in [5, 5.41) is 8.79. The lowest BCUT2D eigenvalue weighted by molar-refractivity contribution is 0.0690. The van der Waals surface area contributed by atoms with Crippen molar-refractivity contribution in [1.82, 2.24) is 4.98 Å². The van der Waals surface area contributed by atoms with Gasteiger partial charge in [0.2, 0.25) is 0 Å². The summed E-state index contributed by atoms with van der Waals surface area (Å²) >= 11 is 0. The van der Waals surface area contributed by atoms with Crippen LogP contribution in [0.3, 0.4) is 0 Å². The van der Waals surface area contributed by atoms with Gasteiger partial charge in [-0.15, -0.1) is 0 Å². The van der Waals surface area contributed by atoms with Crippen LogP contribution < -0.4 is 4.74 Å². The number of carboxylic acids is 1. The molecule has 0 unspecified atom stereocenters. The molecule has 1 aromatic carbocycles. The zero-order chi connectivity index (χ0) is 13.1. The summed E-state index contributed by atoms with van der Waals surface area (Å²) in [6.45, 7) is 1.98. The zero-order valence-electron chi connectivity index (χ0n) is 10.2. The molecule has 0 aliphatic carbocycles. The number of hydrogen-bond donors (Lipinski definition) is 1. The van der Waals surface area contributed by atoms with Gasteiger partial charge in [-0.25, -0.2) is 9.78 Å². The third kappa shape index (κ3) is 2.32. The Hall–Kier alpha value is -2.36. The molecule has 0 spiro atoms. The Labute approximate surface area is 105 Å². The van der Waals surface area contributed by atoms with Gasteiger partial charge in [-0.3, -0.25) is 0 Å². The van der Waals surface area contributed by atoms with E-state index in [0.717, 1.165) is 22.4 Å². The molecule has 1 N–H and O–H groups in total. The molecule has 4 heteroatoms. The number of pyridine rings is 1. The molecular formula is C14H13NO3. The summed E-state index contributed by atoms with van der Waals surface area (Å²) in [6, 6.07) is 8.99. The van der Waals surface area contributed by atoms with Crippen molar-refractivity contribution in [3.63, 3.8) is 0 Å². The van der Waals surface area contributed by atoms with Crippen LogP contribution in [0.2, 0.25) is 0 Å². The number of rotatable bonds is 3. The third-order valence-electron chi connectivity index (χ3n) is 2.73. The molecule has 0 bridgehead atoms. The number of carboxylic acid groups (broad SMARTS) is 1. The highest BCUT2D eigenvalue weighted by Crippen LogP contribution is 2.26. The van der Waals surface area contributed by atoms with Crippen molar-refractivity contribution < 1.29 is 14.6 Å². The molecule has 4 nitrogen and oxygen atoms in total. The number of aromatic nitrogens is 1. The molecule has 0 saturated carbocycles. The van der Waals surface area contributed by atoms with E-state index in [4.69, 9.17) is 9.84 Å². The molecule has 0 atom stereocenters. The van der Waals surface area contributed by atoms with Crippen molar-refractivity contribution in [2.75, 3.05) is 7.11 Å². The molecule has 2 rings (SSSR count). The van der Waals surface area contributed by atoms with Gasteiger partial charge in [0.15, 0.2) is 0 Å². The molecule has 1 aromatic heterocycles. The maximum absolute atomic E-state index is 10.7. The van der Waals surface area contributed by atoms with E-state index in [1.807, 2.05) is 25.1 Å². The van der Waals surface area contributed by atoms with Crippen molar-refractivity contribution in [1.29, 1.82) is 0 Å². The second-order valence-corrected chi connectivity index (χ2v) is 3.92. The lowest BCUT2D eigenvalue weighted by Gasteiger charge is -2.08. The van der Waals surface area contributed by atoms with Crippen LogP contribution >= 0.6 is 0 Å². The van der Waals surface area contributed by atoms with E-state index in [2.05, 4.69) is 4.98 Å². The Balaban J connectivity index is 2.39. The van der Waals surface area contributed by atoms with Crippen molar-refractivity contribution >= 4 is 5.97 Å². The normalized spacial score (nSPS) is 10.1.